The van der Waals surface area contributed by atoms with Gasteiger partial charge in [0.15, 0.2) is 5.16 Å². The van der Waals surface area contributed by atoms with Gasteiger partial charge in [-0.15, -0.1) is 10.2 Å². The van der Waals surface area contributed by atoms with E-state index in [1.165, 1.54) is 31.5 Å². The van der Waals surface area contributed by atoms with Crippen molar-refractivity contribution in [3.05, 3.63) is 5.82 Å². The second-order valence-electron chi connectivity index (χ2n) is 5.52. The summed E-state index contributed by atoms with van der Waals surface area (Å²) in [6.07, 6.45) is 6.07. The summed E-state index contributed by atoms with van der Waals surface area (Å²) < 4.78 is 2.38. The summed E-state index contributed by atoms with van der Waals surface area (Å²) in [4.78, 5) is 0. The summed E-state index contributed by atoms with van der Waals surface area (Å²) in [5.74, 6) is 2.86. The molecule has 2 aliphatic carbocycles. The van der Waals surface area contributed by atoms with Gasteiger partial charge in [0, 0.05) is 23.8 Å². The van der Waals surface area contributed by atoms with E-state index >= 15 is 0 Å². The maximum Gasteiger partial charge on any atom is 0.191 e. The second-order valence-corrected chi connectivity index (χ2v) is 6.58. The average Bonchev–Trinajstić information content (AvgIpc) is 3.33. The molecule has 2 aliphatic rings. The predicted molar refractivity (Wildman–Crippen MR) is 75.5 cm³/mol. The standard InChI is InChI=1S/C13H22N4OS/c1-14-10(8-18)6-7-19-13-16-15-12(9-2-3-9)17(13)11-4-5-11/h9-11,14,18H,2-8H2,1H3. The molecule has 0 radical (unpaired) electrons. The molecule has 0 aromatic carbocycles. The van der Waals surface area contributed by atoms with Crippen LogP contribution in [0.4, 0.5) is 0 Å². The topological polar surface area (TPSA) is 63.0 Å². The molecule has 1 unspecified atom stereocenters. The normalized spacial score (nSPS) is 20.7. The van der Waals surface area contributed by atoms with Crippen molar-refractivity contribution in [2.45, 2.75) is 55.3 Å². The van der Waals surface area contributed by atoms with Crippen LogP contribution < -0.4 is 5.32 Å². The van der Waals surface area contributed by atoms with Crippen molar-refractivity contribution in [1.29, 1.82) is 0 Å². The molecule has 1 atom stereocenters. The van der Waals surface area contributed by atoms with Gasteiger partial charge in [0.25, 0.3) is 0 Å². The molecule has 6 heteroatoms. The highest BCUT2D eigenvalue weighted by molar-refractivity contribution is 7.99. The lowest BCUT2D eigenvalue weighted by atomic mass is 10.2. The zero-order valence-electron chi connectivity index (χ0n) is 11.4. The van der Waals surface area contributed by atoms with Gasteiger partial charge in [0.2, 0.25) is 0 Å². The lowest BCUT2D eigenvalue weighted by Crippen LogP contribution is -2.29. The summed E-state index contributed by atoms with van der Waals surface area (Å²) in [5.41, 5.74) is 0. The van der Waals surface area contributed by atoms with Gasteiger partial charge >= 0.3 is 0 Å². The van der Waals surface area contributed by atoms with Crippen molar-refractivity contribution in [3.63, 3.8) is 0 Å². The maximum atomic E-state index is 9.16. The molecular weight excluding hydrogens is 260 g/mol. The Balaban J connectivity index is 1.61. The third kappa shape index (κ3) is 3.12. The molecule has 2 saturated carbocycles. The molecular formula is C13H22N4OS. The fourth-order valence-electron chi connectivity index (χ4n) is 2.30. The fourth-order valence-corrected chi connectivity index (χ4v) is 3.37. The first kappa shape index (κ1) is 13.4. The Kier molecular flexibility index (Phi) is 4.10. The molecule has 2 N–H and O–H groups in total. The summed E-state index contributed by atoms with van der Waals surface area (Å²) in [5, 5.41) is 22.1. The van der Waals surface area contributed by atoms with Crippen LogP contribution in [-0.4, -0.2) is 45.3 Å². The van der Waals surface area contributed by atoms with E-state index in [0.717, 1.165) is 17.3 Å². The molecule has 0 bridgehead atoms. The van der Waals surface area contributed by atoms with Crippen molar-refractivity contribution < 1.29 is 5.11 Å². The van der Waals surface area contributed by atoms with E-state index in [4.69, 9.17) is 5.11 Å². The van der Waals surface area contributed by atoms with Crippen molar-refractivity contribution in [2.24, 2.45) is 0 Å². The van der Waals surface area contributed by atoms with E-state index in [1.807, 2.05) is 7.05 Å². The Morgan fingerprint density at radius 2 is 2.16 bits per heavy atom. The highest BCUT2D eigenvalue weighted by Gasteiger charge is 2.36. The molecule has 0 spiro atoms. The largest absolute Gasteiger partial charge is 0.395 e. The molecule has 106 valence electrons. The number of aliphatic hydroxyl groups excluding tert-OH is 1. The van der Waals surface area contributed by atoms with E-state index in [-0.39, 0.29) is 12.6 Å². The number of nitrogens with one attached hydrogen (secondary N) is 1. The minimum atomic E-state index is 0.188. The highest BCUT2D eigenvalue weighted by Crippen LogP contribution is 2.45. The van der Waals surface area contributed by atoms with Gasteiger partial charge in [0.1, 0.15) is 5.82 Å². The van der Waals surface area contributed by atoms with Gasteiger partial charge in [-0.05, 0) is 39.2 Å². The number of thioether (sulfide) groups is 1. The maximum absolute atomic E-state index is 9.16. The lowest BCUT2D eigenvalue weighted by molar-refractivity contribution is 0.246. The molecule has 5 nitrogen and oxygen atoms in total. The number of rotatable bonds is 8. The summed E-state index contributed by atoms with van der Waals surface area (Å²) in [6, 6.07) is 0.846. The van der Waals surface area contributed by atoms with Crippen LogP contribution in [0.1, 0.15) is 49.9 Å². The molecule has 1 aromatic heterocycles. The Morgan fingerprint density at radius 1 is 1.37 bits per heavy atom. The van der Waals surface area contributed by atoms with Crippen LogP contribution in [0, 0.1) is 0 Å². The van der Waals surface area contributed by atoms with Crippen molar-refractivity contribution in [1.82, 2.24) is 20.1 Å². The van der Waals surface area contributed by atoms with E-state index in [9.17, 15) is 0 Å². The summed E-state index contributed by atoms with van der Waals surface area (Å²) >= 11 is 1.78. The molecule has 19 heavy (non-hydrogen) atoms. The first-order chi connectivity index (χ1) is 9.33. The van der Waals surface area contributed by atoms with Crippen LogP contribution in [0.3, 0.4) is 0 Å². The number of nitrogens with zero attached hydrogens (tertiary/aromatic N) is 3. The first-order valence-electron chi connectivity index (χ1n) is 7.19. The van der Waals surface area contributed by atoms with Crippen LogP contribution in [-0.2, 0) is 0 Å². The average molecular weight is 282 g/mol. The van der Waals surface area contributed by atoms with Crippen molar-refractivity contribution in [3.8, 4) is 0 Å². The third-order valence-electron chi connectivity index (χ3n) is 3.87. The molecule has 1 aromatic rings. The Morgan fingerprint density at radius 3 is 2.74 bits per heavy atom. The zero-order chi connectivity index (χ0) is 13.2. The minimum Gasteiger partial charge on any atom is -0.395 e. The molecule has 0 aliphatic heterocycles. The Bertz CT molecular complexity index is 424. The Hall–Kier alpha value is -0.590. The number of aliphatic hydroxyl groups is 1. The van der Waals surface area contributed by atoms with Crippen molar-refractivity contribution >= 4 is 11.8 Å². The quantitative estimate of drug-likeness (QED) is 0.708. The van der Waals surface area contributed by atoms with Gasteiger partial charge in [-0.3, -0.25) is 0 Å². The third-order valence-corrected chi connectivity index (χ3v) is 4.85. The molecule has 0 saturated heterocycles. The van der Waals surface area contributed by atoms with Crippen LogP contribution in [0.2, 0.25) is 0 Å². The number of likely N-dealkylation sites (N-methyl/N-ethyl adjacent to an activating group) is 1. The molecule has 2 fully saturated rings. The van der Waals surface area contributed by atoms with Gasteiger partial charge in [-0.25, -0.2) is 0 Å². The van der Waals surface area contributed by atoms with E-state index in [0.29, 0.717) is 12.0 Å². The van der Waals surface area contributed by atoms with Gasteiger partial charge in [-0.2, -0.15) is 0 Å². The number of hydrogen-bond donors (Lipinski definition) is 2. The number of aromatic nitrogens is 3. The SMILES string of the molecule is CNC(CO)CCSc1nnc(C2CC2)n1C1CC1. The van der Waals surface area contributed by atoms with Crippen LogP contribution in [0.15, 0.2) is 5.16 Å². The van der Waals surface area contributed by atoms with E-state index in [1.54, 1.807) is 11.8 Å². The monoisotopic (exact) mass is 282 g/mol. The van der Waals surface area contributed by atoms with Crippen LogP contribution >= 0.6 is 11.8 Å². The second kappa shape index (κ2) is 5.81. The van der Waals surface area contributed by atoms with Gasteiger partial charge in [-0.1, -0.05) is 11.8 Å². The molecule has 0 amide bonds. The smallest absolute Gasteiger partial charge is 0.191 e. The van der Waals surface area contributed by atoms with Gasteiger partial charge < -0.3 is 15.0 Å². The molecule has 3 rings (SSSR count). The minimum absolute atomic E-state index is 0.188. The van der Waals surface area contributed by atoms with E-state index in [2.05, 4.69) is 20.1 Å². The Labute approximate surface area is 118 Å². The van der Waals surface area contributed by atoms with E-state index < -0.39 is 0 Å². The summed E-state index contributed by atoms with van der Waals surface area (Å²) in [6.45, 7) is 0.194. The number of hydrogen-bond acceptors (Lipinski definition) is 5. The fraction of sp³-hybridized carbons (Fsp3) is 0.846. The van der Waals surface area contributed by atoms with Crippen LogP contribution in [0.5, 0.6) is 0 Å². The van der Waals surface area contributed by atoms with Crippen LogP contribution in [0.25, 0.3) is 0 Å². The van der Waals surface area contributed by atoms with Crippen molar-refractivity contribution in [2.75, 3.05) is 19.4 Å². The van der Waals surface area contributed by atoms with Gasteiger partial charge in [0.05, 0.1) is 6.61 Å². The first-order valence-corrected chi connectivity index (χ1v) is 8.17. The summed E-state index contributed by atoms with van der Waals surface area (Å²) in [7, 11) is 1.89. The zero-order valence-corrected chi connectivity index (χ0v) is 12.2. The lowest BCUT2D eigenvalue weighted by Gasteiger charge is -2.12. The highest BCUT2D eigenvalue weighted by atomic mass is 32.2. The predicted octanol–water partition coefficient (Wildman–Crippen LogP) is 1.55. The molecule has 1 heterocycles.